The second-order valence-electron chi connectivity index (χ2n) is 9.60. The van der Waals surface area contributed by atoms with Gasteiger partial charge in [0.1, 0.15) is 13.2 Å². The molecule has 4 heterocycles. The lowest BCUT2D eigenvalue weighted by Crippen LogP contribution is -2.55. The van der Waals surface area contributed by atoms with Crippen molar-refractivity contribution in [3.8, 4) is 11.5 Å². The summed E-state index contributed by atoms with van der Waals surface area (Å²) in [6.07, 6.45) is 3.19. The quantitative estimate of drug-likeness (QED) is 0.693. The Labute approximate surface area is 199 Å². The number of aliphatic imine (C=N–C) groups is 1. The van der Waals surface area contributed by atoms with E-state index in [1.807, 2.05) is 18.2 Å². The van der Waals surface area contributed by atoms with E-state index >= 15 is 0 Å². The van der Waals surface area contributed by atoms with Crippen LogP contribution in [0.5, 0.6) is 11.5 Å². The standard InChI is InChI=1S/C26H30ClN3O3/c27-18-4-6-19(7-5-18)30-15-20-21(16-30)26(31)28-22(25(20)29-9-1-2-10-29)13-17-3-8-23-24(14-17)33-12-11-32-23/h3-8,14,20-22,25H,1-2,9-13,15-16H2,(H,28,31)/p-1. The molecule has 0 N–H and O–H groups in total. The van der Waals surface area contributed by atoms with Crippen molar-refractivity contribution < 1.29 is 14.6 Å². The highest BCUT2D eigenvalue weighted by Crippen LogP contribution is 2.40. The lowest BCUT2D eigenvalue weighted by atomic mass is 9.79. The van der Waals surface area contributed by atoms with Crippen molar-refractivity contribution in [2.75, 3.05) is 44.3 Å². The molecule has 4 atom stereocenters. The van der Waals surface area contributed by atoms with Gasteiger partial charge in [0.05, 0.1) is 6.04 Å². The molecule has 2 aromatic rings. The van der Waals surface area contributed by atoms with E-state index in [2.05, 4.69) is 34.1 Å². The van der Waals surface area contributed by atoms with Gasteiger partial charge in [-0.1, -0.05) is 17.7 Å². The van der Waals surface area contributed by atoms with Crippen LogP contribution in [0.15, 0.2) is 47.5 Å². The molecule has 0 spiro atoms. The molecule has 33 heavy (non-hydrogen) atoms. The minimum absolute atomic E-state index is 0.0374. The second kappa shape index (κ2) is 8.73. The number of nitrogens with zero attached hydrogens (tertiary/aromatic N) is 3. The number of likely N-dealkylation sites (tertiary alicyclic amines) is 1. The predicted molar refractivity (Wildman–Crippen MR) is 128 cm³/mol. The Hall–Kier alpha value is -2.44. The van der Waals surface area contributed by atoms with Gasteiger partial charge in [-0.15, -0.1) is 0 Å². The maximum atomic E-state index is 13.2. The molecule has 0 saturated carbocycles. The summed E-state index contributed by atoms with van der Waals surface area (Å²) >= 11 is 6.10. The highest BCUT2D eigenvalue weighted by Gasteiger charge is 2.47. The molecule has 0 bridgehead atoms. The number of benzene rings is 2. The summed E-state index contributed by atoms with van der Waals surface area (Å²) in [6, 6.07) is 14.3. The lowest BCUT2D eigenvalue weighted by Gasteiger charge is -2.44. The molecule has 2 saturated heterocycles. The van der Waals surface area contributed by atoms with Crippen molar-refractivity contribution in [1.82, 2.24) is 4.90 Å². The van der Waals surface area contributed by atoms with Gasteiger partial charge in [-0.3, -0.25) is 9.89 Å². The monoisotopic (exact) mass is 466 g/mol. The highest BCUT2D eigenvalue weighted by atomic mass is 35.5. The van der Waals surface area contributed by atoms with E-state index in [0.717, 1.165) is 60.4 Å². The average Bonchev–Trinajstić information content (AvgIpc) is 3.51. The minimum Gasteiger partial charge on any atom is -0.862 e. The van der Waals surface area contributed by atoms with Crippen LogP contribution < -0.4 is 19.5 Å². The smallest absolute Gasteiger partial charge is 0.161 e. The van der Waals surface area contributed by atoms with Crippen LogP contribution in [0.4, 0.5) is 5.69 Å². The van der Waals surface area contributed by atoms with E-state index in [-0.39, 0.29) is 29.8 Å². The summed E-state index contributed by atoms with van der Waals surface area (Å²) in [4.78, 5) is 9.74. The molecule has 2 fully saturated rings. The Morgan fingerprint density at radius 3 is 2.52 bits per heavy atom. The minimum atomic E-state index is -0.0391. The Bertz CT molecular complexity index is 1040. The zero-order valence-corrected chi connectivity index (χ0v) is 19.4. The van der Waals surface area contributed by atoms with Crippen LogP contribution in [0, 0.1) is 11.8 Å². The van der Waals surface area contributed by atoms with Crippen LogP contribution >= 0.6 is 11.6 Å². The zero-order valence-electron chi connectivity index (χ0n) is 18.7. The normalized spacial score (nSPS) is 29.1. The number of hydrogen-bond acceptors (Lipinski definition) is 6. The van der Waals surface area contributed by atoms with Gasteiger partial charge in [-0.2, -0.15) is 0 Å². The van der Waals surface area contributed by atoms with Crippen molar-refractivity contribution in [3.05, 3.63) is 53.1 Å². The average molecular weight is 467 g/mol. The molecule has 0 amide bonds. The van der Waals surface area contributed by atoms with E-state index in [0.29, 0.717) is 13.2 Å². The third-order valence-electron chi connectivity index (χ3n) is 7.61. The number of anilines is 1. The van der Waals surface area contributed by atoms with Crippen molar-refractivity contribution in [3.63, 3.8) is 0 Å². The largest absolute Gasteiger partial charge is 0.862 e. The first-order valence-electron chi connectivity index (χ1n) is 12.0. The van der Waals surface area contributed by atoms with E-state index < -0.39 is 0 Å². The van der Waals surface area contributed by atoms with E-state index in [9.17, 15) is 5.11 Å². The summed E-state index contributed by atoms with van der Waals surface area (Å²) in [5.41, 5.74) is 2.28. The first kappa shape index (κ1) is 21.1. The van der Waals surface area contributed by atoms with Crippen LogP contribution in [0.25, 0.3) is 0 Å². The third kappa shape index (κ3) is 4.04. The van der Waals surface area contributed by atoms with Gasteiger partial charge in [-0.05, 0) is 80.2 Å². The van der Waals surface area contributed by atoms with Gasteiger partial charge >= 0.3 is 0 Å². The summed E-state index contributed by atoms with van der Waals surface area (Å²) in [5, 5.41) is 14.0. The summed E-state index contributed by atoms with van der Waals surface area (Å²) < 4.78 is 11.5. The summed E-state index contributed by atoms with van der Waals surface area (Å²) in [7, 11) is 0. The second-order valence-corrected chi connectivity index (χ2v) is 10.0. The molecule has 174 valence electrons. The first-order valence-corrected chi connectivity index (χ1v) is 12.4. The third-order valence-corrected chi connectivity index (χ3v) is 7.87. The molecule has 4 aliphatic heterocycles. The Morgan fingerprint density at radius 1 is 0.970 bits per heavy atom. The van der Waals surface area contributed by atoms with Crippen LogP contribution in [-0.2, 0) is 6.42 Å². The molecule has 2 aromatic carbocycles. The number of ether oxygens (including phenoxy) is 2. The fraction of sp³-hybridized carbons (Fsp3) is 0.500. The molecule has 7 heteroatoms. The van der Waals surface area contributed by atoms with E-state index in [1.54, 1.807) is 0 Å². The molecule has 4 aliphatic rings. The first-order chi connectivity index (χ1) is 16.2. The zero-order chi connectivity index (χ0) is 22.4. The molecular formula is C26H29ClN3O3-. The van der Waals surface area contributed by atoms with Crippen LogP contribution in [0.3, 0.4) is 0 Å². The number of fused-ring (bicyclic) bond motifs is 2. The van der Waals surface area contributed by atoms with Gasteiger partial charge in [0.15, 0.2) is 11.5 Å². The number of hydrogen-bond donors (Lipinski definition) is 0. The Kier molecular flexibility index (Phi) is 5.59. The fourth-order valence-corrected chi connectivity index (χ4v) is 6.22. The van der Waals surface area contributed by atoms with Crippen LogP contribution in [0.2, 0.25) is 5.02 Å². The predicted octanol–water partition coefficient (Wildman–Crippen LogP) is 3.01. The highest BCUT2D eigenvalue weighted by molar-refractivity contribution is 6.30. The molecule has 6 rings (SSSR count). The molecule has 4 unspecified atom stereocenters. The van der Waals surface area contributed by atoms with Gasteiger partial charge in [0.25, 0.3) is 0 Å². The SMILES string of the molecule is [O-]C1=NC(Cc2ccc3c(c2)OCCO3)C(N2CCCC2)C2CN(c3ccc(Cl)cc3)CC12. The molecule has 0 radical (unpaired) electrons. The summed E-state index contributed by atoms with van der Waals surface area (Å²) in [5.74, 6) is 1.90. The van der Waals surface area contributed by atoms with Crippen LogP contribution in [0.1, 0.15) is 18.4 Å². The molecule has 6 nitrogen and oxygen atoms in total. The number of rotatable bonds is 4. The molecule has 0 aliphatic carbocycles. The lowest BCUT2D eigenvalue weighted by molar-refractivity contribution is -0.228. The van der Waals surface area contributed by atoms with Gasteiger partial charge in [0.2, 0.25) is 0 Å². The van der Waals surface area contributed by atoms with Gasteiger partial charge in [-0.25, -0.2) is 0 Å². The number of halogens is 1. The van der Waals surface area contributed by atoms with Crippen molar-refractivity contribution in [1.29, 1.82) is 0 Å². The molecular weight excluding hydrogens is 438 g/mol. The van der Waals surface area contributed by atoms with Gasteiger partial charge in [0, 0.05) is 41.7 Å². The van der Waals surface area contributed by atoms with Crippen molar-refractivity contribution in [2.24, 2.45) is 16.8 Å². The van der Waals surface area contributed by atoms with Crippen LogP contribution in [-0.4, -0.2) is 62.3 Å². The topological polar surface area (TPSA) is 60.4 Å². The molecule has 0 aromatic heterocycles. The Morgan fingerprint density at radius 2 is 1.73 bits per heavy atom. The van der Waals surface area contributed by atoms with E-state index in [4.69, 9.17) is 26.1 Å². The van der Waals surface area contributed by atoms with Crippen molar-refractivity contribution in [2.45, 2.75) is 31.3 Å². The maximum absolute atomic E-state index is 13.2. The van der Waals surface area contributed by atoms with E-state index in [1.165, 1.54) is 12.8 Å². The van der Waals surface area contributed by atoms with Gasteiger partial charge < -0.3 is 19.5 Å². The summed E-state index contributed by atoms with van der Waals surface area (Å²) in [6.45, 7) is 4.96. The van der Waals surface area contributed by atoms with Crippen molar-refractivity contribution >= 4 is 23.2 Å². The fourth-order valence-electron chi connectivity index (χ4n) is 6.10. The Balaban J connectivity index is 1.29. The maximum Gasteiger partial charge on any atom is 0.161 e.